The van der Waals surface area contributed by atoms with Gasteiger partial charge in [0.1, 0.15) is 11.8 Å². The van der Waals surface area contributed by atoms with E-state index in [-0.39, 0.29) is 34.7 Å². The Labute approximate surface area is 203 Å². The Hall–Kier alpha value is -2.47. The second kappa shape index (κ2) is 9.53. The first kappa shape index (κ1) is 27.1. The summed E-state index contributed by atoms with van der Waals surface area (Å²) in [7, 11) is -5.45. The SMILES string of the molecule is Cc1nc(N2CCN(S(=O)(=O)c3ccc(OC(F)(F)F)cc3)[C@@H](C(=O)O)C2)sc1S(=O)(=O)N(C)C. The zero-order valence-corrected chi connectivity index (χ0v) is 21.0. The van der Waals surface area contributed by atoms with E-state index in [9.17, 15) is 39.9 Å². The van der Waals surface area contributed by atoms with Gasteiger partial charge in [0.15, 0.2) is 9.34 Å². The number of halogens is 3. The van der Waals surface area contributed by atoms with Crippen LogP contribution < -0.4 is 9.64 Å². The number of nitrogens with zero attached hydrogens (tertiary/aromatic N) is 4. The molecule has 0 unspecified atom stereocenters. The summed E-state index contributed by atoms with van der Waals surface area (Å²) in [6, 6.07) is 1.86. The molecule has 194 valence electrons. The maximum Gasteiger partial charge on any atom is 0.573 e. The molecule has 11 nitrogen and oxygen atoms in total. The van der Waals surface area contributed by atoms with E-state index in [2.05, 4.69) is 9.72 Å². The maximum absolute atomic E-state index is 13.1. The fraction of sp³-hybridized carbons (Fsp3) is 0.444. The molecule has 1 N–H and O–H groups in total. The molecule has 0 radical (unpaired) electrons. The summed E-state index contributed by atoms with van der Waals surface area (Å²) in [4.78, 5) is 17.3. The van der Waals surface area contributed by atoms with Gasteiger partial charge in [-0.05, 0) is 31.2 Å². The minimum atomic E-state index is -4.95. The summed E-state index contributed by atoms with van der Waals surface area (Å²) >= 11 is 0.845. The average Bonchev–Trinajstić information content (AvgIpc) is 3.14. The summed E-state index contributed by atoms with van der Waals surface area (Å²) in [5.41, 5.74) is 0.224. The van der Waals surface area contributed by atoms with E-state index >= 15 is 0 Å². The van der Waals surface area contributed by atoms with Crippen molar-refractivity contribution in [1.82, 2.24) is 13.6 Å². The number of piperazine rings is 1. The number of hydrogen-bond donors (Lipinski definition) is 1. The van der Waals surface area contributed by atoms with Crippen LogP contribution in [0.3, 0.4) is 0 Å². The molecule has 1 aromatic heterocycles. The number of alkyl halides is 3. The fourth-order valence-electron chi connectivity index (χ4n) is 3.29. The predicted molar refractivity (Wildman–Crippen MR) is 118 cm³/mol. The van der Waals surface area contributed by atoms with Crippen LogP contribution in [-0.4, -0.2) is 87.6 Å². The van der Waals surface area contributed by atoms with Gasteiger partial charge >= 0.3 is 12.3 Å². The molecule has 1 saturated heterocycles. The van der Waals surface area contributed by atoms with Crippen LogP contribution in [0.4, 0.5) is 18.3 Å². The molecule has 35 heavy (non-hydrogen) atoms. The van der Waals surface area contributed by atoms with Crippen molar-refractivity contribution < 1.29 is 44.6 Å². The van der Waals surface area contributed by atoms with Gasteiger partial charge in [0.2, 0.25) is 10.0 Å². The van der Waals surface area contributed by atoms with E-state index in [1.807, 2.05) is 0 Å². The number of benzene rings is 1. The molecular formula is C18H21F3N4O7S3. The number of aromatic nitrogens is 1. The van der Waals surface area contributed by atoms with Gasteiger partial charge in [-0.3, -0.25) is 4.79 Å². The quantitative estimate of drug-likeness (QED) is 0.537. The first-order chi connectivity index (χ1) is 16.0. The third-order valence-electron chi connectivity index (χ3n) is 5.01. The van der Waals surface area contributed by atoms with Crippen molar-refractivity contribution >= 4 is 42.5 Å². The molecule has 0 aliphatic carbocycles. The summed E-state index contributed by atoms with van der Waals surface area (Å²) < 4.78 is 93.7. The standard InChI is InChI=1S/C18H21F3N4O7S3/c1-11-16(35(30,31)23(2)3)33-17(22-11)24-8-9-25(14(10-24)15(26)27)34(28,29)13-6-4-12(5-7-13)32-18(19,20)21/h4-7,14H,8-10H2,1-3H3,(H,26,27)/t14-/m1/s1. The average molecular weight is 559 g/mol. The molecule has 0 spiro atoms. The number of ether oxygens (including phenoxy) is 1. The zero-order chi connectivity index (χ0) is 26.3. The molecule has 0 amide bonds. The predicted octanol–water partition coefficient (Wildman–Crippen LogP) is 1.56. The molecule has 1 aliphatic heterocycles. The number of hydrogen-bond acceptors (Lipinski definition) is 9. The molecule has 2 heterocycles. The van der Waals surface area contributed by atoms with Crippen LogP contribution in [0.1, 0.15) is 5.69 Å². The summed E-state index contributed by atoms with van der Waals surface area (Å²) in [5.74, 6) is -2.08. The summed E-state index contributed by atoms with van der Waals surface area (Å²) in [6.45, 7) is 0.900. The van der Waals surface area contributed by atoms with Gasteiger partial charge in [-0.2, -0.15) is 4.31 Å². The first-order valence-electron chi connectivity index (χ1n) is 9.79. The van der Waals surface area contributed by atoms with Crippen molar-refractivity contribution in [3.8, 4) is 5.75 Å². The normalized spacial score (nSPS) is 18.1. The van der Waals surface area contributed by atoms with E-state index in [0.717, 1.165) is 44.2 Å². The lowest BCUT2D eigenvalue weighted by Gasteiger charge is -2.38. The van der Waals surface area contributed by atoms with Gasteiger partial charge in [0, 0.05) is 33.7 Å². The largest absolute Gasteiger partial charge is 0.573 e. The van der Waals surface area contributed by atoms with Gasteiger partial charge < -0.3 is 14.7 Å². The highest BCUT2D eigenvalue weighted by Crippen LogP contribution is 2.33. The number of carbonyl (C=O) groups is 1. The Morgan fingerprint density at radius 3 is 2.29 bits per heavy atom. The fourth-order valence-corrected chi connectivity index (χ4v) is 7.53. The molecular weight excluding hydrogens is 537 g/mol. The molecule has 1 aliphatic rings. The summed E-state index contributed by atoms with van der Waals surface area (Å²) in [5, 5.41) is 9.94. The van der Waals surface area contributed by atoms with Crippen LogP contribution in [0.15, 0.2) is 33.4 Å². The highest BCUT2D eigenvalue weighted by atomic mass is 32.2. The van der Waals surface area contributed by atoms with Gasteiger partial charge in [0.05, 0.1) is 10.6 Å². The molecule has 1 aromatic carbocycles. The number of anilines is 1. The van der Waals surface area contributed by atoms with Crippen molar-refractivity contribution in [2.45, 2.75) is 28.4 Å². The van der Waals surface area contributed by atoms with Crippen molar-refractivity contribution in [3.05, 3.63) is 30.0 Å². The number of sulfonamides is 2. The lowest BCUT2D eigenvalue weighted by molar-refractivity contribution is -0.274. The zero-order valence-electron chi connectivity index (χ0n) is 18.6. The monoisotopic (exact) mass is 558 g/mol. The Morgan fingerprint density at radius 2 is 1.77 bits per heavy atom. The number of rotatable bonds is 7. The molecule has 17 heteroatoms. The molecule has 2 aromatic rings. The van der Waals surface area contributed by atoms with E-state index in [4.69, 9.17) is 0 Å². The van der Waals surface area contributed by atoms with E-state index in [0.29, 0.717) is 0 Å². The van der Waals surface area contributed by atoms with E-state index < -0.39 is 49.1 Å². The van der Waals surface area contributed by atoms with Gasteiger partial charge in [-0.15, -0.1) is 13.2 Å². The van der Waals surface area contributed by atoms with Gasteiger partial charge in [0.25, 0.3) is 10.0 Å². The third kappa shape index (κ3) is 5.69. The number of aliphatic carboxylic acids is 1. The number of carboxylic acids is 1. The number of aryl methyl sites for hydroxylation is 1. The lowest BCUT2D eigenvalue weighted by Crippen LogP contribution is -2.58. The van der Waals surface area contributed by atoms with Crippen LogP contribution in [0.25, 0.3) is 0 Å². The molecule has 0 saturated carbocycles. The first-order valence-corrected chi connectivity index (χ1v) is 13.5. The van der Waals surface area contributed by atoms with Crippen LogP contribution in [0.2, 0.25) is 0 Å². The van der Waals surface area contributed by atoms with Crippen molar-refractivity contribution in [2.75, 3.05) is 38.6 Å². The topological polar surface area (TPSA) is 137 Å². The smallest absolute Gasteiger partial charge is 0.480 e. The second-order valence-electron chi connectivity index (χ2n) is 7.59. The van der Waals surface area contributed by atoms with E-state index in [1.54, 1.807) is 0 Å². The number of carboxylic acid groups (broad SMARTS) is 1. The third-order valence-corrected chi connectivity index (χ3v) is 10.6. The lowest BCUT2D eigenvalue weighted by atomic mass is 10.2. The molecule has 0 bridgehead atoms. The highest BCUT2D eigenvalue weighted by molar-refractivity contribution is 7.91. The molecule has 1 fully saturated rings. The highest BCUT2D eigenvalue weighted by Gasteiger charge is 2.41. The Bertz CT molecular complexity index is 1310. The Morgan fingerprint density at radius 1 is 1.17 bits per heavy atom. The number of thiazole rings is 1. The maximum atomic E-state index is 13.1. The van der Waals surface area contributed by atoms with Gasteiger partial charge in [-0.25, -0.2) is 26.1 Å². The van der Waals surface area contributed by atoms with Crippen LogP contribution in [-0.2, 0) is 24.8 Å². The van der Waals surface area contributed by atoms with Crippen LogP contribution in [0.5, 0.6) is 5.75 Å². The second-order valence-corrected chi connectivity index (χ2v) is 12.8. The summed E-state index contributed by atoms with van der Waals surface area (Å²) in [6.07, 6.45) is -4.95. The van der Waals surface area contributed by atoms with Crippen molar-refractivity contribution in [3.63, 3.8) is 0 Å². The van der Waals surface area contributed by atoms with Crippen molar-refractivity contribution in [2.24, 2.45) is 0 Å². The van der Waals surface area contributed by atoms with Crippen molar-refractivity contribution in [1.29, 1.82) is 0 Å². The Kier molecular flexibility index (Phi) is 7.39. The van der Waals surface area contributed by atoms with Crippen LogP contribution >= 0.6 is 11.3 Å². The molecule has 1 atom stereocenters. The van der Waals surface area contributed by atoms with E-state index in [1.165, 1.54) is 25.9 Å². The minimum absolute atomic E-state index is 0.00663. The Balaban J connectivity index is 1.86. The molecule has 3 rings (SSSR count). The van der Waals surface area contributed by atoms with Crippen LogP contribution in [0, 0.1) is 6.92 Å². The minimum Gasteiger partial charge on any atom is -0.480 e. The van der Waals surface area contributed by atoms with Gasteiger partial charge in [-0.1, -0.05) is 11.3 Å².